The summed E-state index contributed by atoms with van der Waals surface area (Å²) in [6.45, 7) is 5.70. The van der Waals surface area contributed by atoms with Crippen LogP contribution in [0.3, 0.4) is 0 Å². The third-order valence-electron chi connectivity index (χ3n) is 5.02. The van der Waals surface area contributed by atoms with Gasteiger partial charge in [-0.05, 0) is 31.2 Å². The number of carbonyl (C=O) groups is 1. The van der Waals surface area contributed by atoms with Crippen LogP contribution in [-0.4, -0.2) is 43.8 Å². The van der Waals surface area contributed by atoms with Crippen LogP contribution >= 0.6 is 0 Å². The van der Waals surface area contributed by atoms with Crippen molar-refractivity contribution in [2.75, 3.05) is 13.1 Å². The molecule has 1 amide bonds. The van der Waals surface area contributed by atoms with E-state index < -0.39 is 0 Å². The Morgan fingerprint density at radius 2 is 2.32 bits per heavy atom. The predicted octanol–water partition coefficient (Wildman–Crippen LogP) is 2.66. The highest BCUT2D eigenvalue weighted by Crippen LogP contribution is 2.27. The normalized spacial score (nSPS) is 19.2. The van der Waals surface area contributed by atoms with Gasteiger partial charge in [0.1, 0.15) is 0 Å². The van der Waals surface area contributed by atoms with Gasteiger partial charge < -0.3 is 9.42 Å². The Balaban J connectivity index is 1.56. The Morgan fingerprint density at radius 1 is 1.48 bits per heavy atom. The van der Waals surface area contributed by atoms with Crippen LogP contribution in [0, 0.1) is 0 Å². The van der Waals surface area contributed by atoms with E-state index in [-0.39, 0.29) is 11.8 Å². The lowest BCUT2D eigenvalue weighted by atomic mass is 9.97. The summed E-state index contributed by atoms with van der Waals surface area (Å²) in [6, 6.07) is 0. The lowest BCUT2D eigenvalue weighted by Crippen LogP contribution is -2.39. The molecule has 2 aromatic rings. The Morgan fingerprint density at radius 3 is 3.04 bits per heavy atom. The maximum Gasteiger partial charge on any atom is 0.231 e. The Kier molecular flexibility index (Phi) is 5.50. The summed E-state index contributed by atoms with van der Waals surface area (Å²) in [5.41, 5.74) is 1.10. The van der Waals surface area contributed by atoms with Crippen LogP contribution in [0.5, 0.6) is 0 Å². The molecule has 136 valence electrons. The summed E-state index contributed by atoms with van der Waals surface area (Å²) >= 11 is 0. The van der Waals surface area contributed by atoms with Crippen molar-refractivity contribution in [3.63, 3.8) is 0 Å². The van der Waals surface area contributed by atoms with Gasteiger partial charge in [-0.2, -0.15) is 10.1 Å². The highest BCUT2D eigenvalue weighted by molar-refractivity contribution is 5.76. The van der Waals surface area contributed by atoms with Gasteiger partial charge in [0.05, 0.1) is 12.1 Å². The van der Waals surface area contributed by atoms with E-state index in [1.54, 1.807) is 4.68 Å². The summed E-state index contributed by atoms with van der Waals surface area (Å²) in [5, 5.41) is 8.26. The molecule has 0 unspecified atom stereocenters. The minimum Gasteiger partial charge on any atom is -0.342 e. The molecular formula is C18H27N5O2. The number of rotatable bonds is 6. The topological polar surface area (TPSA) is 77.0 Å². The standard InChI is InChI=1S/C18H27N5O2/c1-4-13(2)17-20-18(25-21-17)15-6-5-9-23(12-15)16(24)8-7-14-10-19-22(3)11-14/h10-11,13,15H,4-9,12H2,1-3H3/t13-,15-/m0/s1. The molecule has 1 aliphatic heterocycles. The lowest BCUT2D eigenvalue weighted by Gasteiger charge is -2.31. The van der Waals surface area contributed by atoms with Gasteiger partial charge >= 0.3 is 0 Å². The molecule has 7 heteroatoms. The molecule has 1 fully saturated rings. The molecule has 0 spiro atoms. The van der Waals surface area contributed by atoms with Gasteiger partial charge in [0.25, 0.3) is 0 Å². The minimum atomic E-state index is 0.154. The second-order valence-electron chi connectivity index (χ2n) is 7.00. The summed E-state index contributed by atoms with van der Waals surface area (Å²) in [5.74, 6) is 2.10. The lowest BCUT2D eigenvalue weighted by molar-refractivity contribution is -0.132. The maximum absolute atomic E-state index is 12.5. The van der Waals surface area contributed by atoms with Crippen molar-refractivity contribution in [1.29, 1.82) is 0 Å². The first-order chi connectivity index (χ1) is 12.1. The van der Waals surface area contributed by atoms with Crippen molar-refractivity contribution < 1.29 is 9.32 Å². The number of hydrogen-bond acceptors (Lipinski definition) is 5. The van der Waals surface area contributed by atoms with E-state index in [1.165, 1.54) is 0 Å². The number of likely N-dealkylation sites (tertiary alicyclic amines) is 1. The van der Waals surface area contributed by atoms with Crippen LogP contribution in [0.2, 0.25) is 0 Å². The fraction of sp³-hybridized carbons (Fsp3) is 0.667. The van der Waals surface area contributed by atoms with Crippen LogP contribution in [0.4, 0.5) is 0 Å². The number of aromatic nitrogens is 4. The first-order valence-electron chi connectivity index (χ1n) is 9.15. The van der Waals surface area contributed by atoms with Crippen molar-refractivity contribution in [3.05, 3.63) is 29.7 Å². The van der Waals surface area contributed by atoms with E-state index in [1.807, 2.05) is 24.3 Å². The molecule has 0 saturated carbocycles. The zero-order valence-electron chi connectivity index (χ0n) is 15.3. The van der Waals surface area contributed by atoms with Gasteiger partial charge in [0, 0.05) is 38.7 Å². The first-order valence-corrected chi connectivity index (χ1v) is 9.15. The molecule has 0 aliphatic carbocycles. The third-order valence-corrected chi connectivity index (χ3v) is 5.02. The smallest absolute Gasteiger partial charge is 0.231 e. The van der Waals surface area contributed by atoms with Gasteiger partial charge in [-0.15, -0.1) is 0 Å². The van der Waals surface area contributed by atoms with Crippen LogP contribution in [0.15, 0.2) is 16.9 Å². The Hall–Kier alpha value is -2.18. The second kappa shape index (κ2) is 7.80. The summed E-state index contributed by atoms with van der Waals surface area (Å²) in [4.78, 5) is 19.1. The van der Waals surface area contributed by atoms with Crippen molar-refractivity contribution in [3.8, 4) is 0 Å². The molecule has 2 atom stereocenters. The van der Waals surface area contributed by atoms with E-state index in [0.29, 0.717) is 24.8 Å². The van der Waals surface area contributed by atoms with Crippen LogP contribution in [0.25, 0.3) is 0 Å². The minimum absolute atomic E-state index is 0.154. The molecule has 0 aromatic carbocycles. The van der Waals surface area contributed by atoms with Gasteiger partial charge in [-0.25, -0.2) is 0 Å². The average Bonchev–Trinajstić information content (AvgIpc) is 3.28. The largest absolute Gasteiger partial charge is 0.342 e. The summed E-state index contributed by atoms with van der Waals surface area (Å²) in [7, 11) is 1.89. The van der Waals surface area contributed by atoms with Gasteiger partial charge in [0.15, 0.2) is 5.82 Å². The Labute approximate surface area is 148 Å². The summed E-state index contributed by atoms with van der Waals surface area (Å²) in [6.07, 6.45) is 7.98. The fourth-order valence-electron chi connectivity index (χ4n) is 3.21. The summed E-state index contributed by atoms with van der Waals surface area (Å²) < 4.78 is 7.24. The number of amides is 1. The van der Waals surface area contributed by atoms with Gasteiger partial charge in [-0.3, -0.25) is 9.48 Å². The second-order valence-corrected chi connectivity index (χ2v) is 7.00. The van der Waals surface area contributed by atoms with Crippen molar-refractivity contribution in [2.24, 2.45) is 7.05 Å². The molecular weight excluding hydrogens is 318 g/mol. The molecule has 0 N–H and O–H groups in total. The van der Waals surface area contributed by atoms with Gasteiger partial charge in [-0.1, -0.05) is 19.0 Å². The van der Waals surface area contributed by atoms with E-state index in [9.17, 15) is 4.79 Å². The molecule has 25 heavy (non-hydrogen) atoms. The fourth-order valence-corrected chi connectivity index (χ4v) is 3.21. The zero-order valence-corrected chi connectivity index (χ0v) is 15.3. The Bertz CT molecular complexity index is 708. The number of hydrogen-bond donors (Lipinski definition) is 0. The maximum atomic E-state index is 12.5. The van der Waals surface area contributed by atoms with Gasteiger partial charge in [0.2, 0.25) is 11.8 Å². The number of piperidine rings is 1. The van der Waals surface area contributed by atoms with Crippen molar-refractivity contribution in [2.45, 2.75) is 57.8 Å². The number of nitrogens with zero attached hydrogens (tertiary/aromatic N) is 5. The monoisotopic (exact) mass is 345 g/mol. The molecule has 2 aromatic heterocycles. The molecule has 0 bridgehead atoms. The predicted molar refractivity (Wildman–Crippen MR) is 93.1 cm³/mol. The molecule has 1 saturated heterocycles. The van der Waals surface area contributed by atoms with Crippen molar-refractivity contribution in [1.82, 2.24) is 24.8 Å². The third kappa shape index (κ3) is 4.27. The van der Waals surface area contributed by atoms with Crippen LogP contribution in [0.1, 0.15) is 68.6 Å². The van der Waals surface area contributed by atoms with E-state index >= 15 is 0 Å². The SMILES string of the molecule is CC[C@H](C)c1noc([C@H]2CCCN(C(=O)CCc3cnn(C)c3)C2)n1. The number of carbonyl (C=O) groups excluding carboxylic acids is 1. The van der Waals surface area contributed by atoms with E-state index in [4.69, 9.17) is 4.52 Å². The zero-order chi connectivity index (χ0) is 17.8. The highest BCUT2D eigenvalue weighted by atomic mass is 16.5. The molecule has 3 heterocycles. The molecule has 7 nitrogen and oxygen atoms in total. The van der Waals surface area contributed by atoms with Crippen LogP contribution < -0.4 is 0 Å². The van der Waals surface area contributed by atoms with Crippen LogP contribution in [-0.2, 0) is 18.3 Å². The van der Waals surface area contributed by atoms with Crippen molar-refractivity contribution >= 4 is 5.91 Å². The van der Waals surface area contributed by atoms with E-state index in [0.717, 1.165) is 43.6 Å². The number of aryl methyl sites for hydroxylation is 2. The average molecular weight is 345 g/mol. The molecule has 0 radical (unpaired) electrons. The quantitative estimate of drug-likeness (QED) is 0.804. The van der Waals surface area contributed by atoms with E-state index in [2.05, 4.69) is 29.1 Å². The highest BCUT2D eigenvalue weighted by Gasteiger charge is 2.28. The molecule has 3 rings (SSSR count). The first kappa shape index (κ1) is 17.6. The molecule has 1 aliphatic rings.